The van der Waals surface area contributed by atoms with Crippen LogP contribution < -0.4 is 5.32 Å². The second-order valence-corrected chi connectivity index (χ2v) is 6.52. The molecular weight excluding hydrogens is 240 g/mol. The zero-order valence-electron chi connectivity index (χ0n) is 10.7. The monoisotopic (exact) mass is 260 g/mol. The van der Waals surface area contributed by atoms with E-state index in [0.29, 0.717) is 6.54 Å². The van der Waals surface area contributed by atoms with Gasteiger partial charge in [-0.3, -0.25) is 4.68 Å². The van der Waals surface area contributed by atoms with Gasteiger partial charge in [-0.05, 0) is 6.92 Å². The van der Waals surface area contributed by atoms with Gasteiger partial charge in [-0.2, -0.15) is 5.10 Å². The first-order valence-corrected chi connectivity index (χ1v) is 7.06. The Morgan fingerprint density at radius 3 is 2.65 bits per heavy atom. The molecule has 0 aliphatic heterocycles. The summed E-state index contributed by atoms with van der Waals surface area (Å²) in [4.78, 5) is 0. The number of nitrogens with zero attached hydrogens (tertiary/aromatic N) is 3. The lowest BCUT2D eigenvalue weighted by Gasteiger charge is -2.14. The molecule has 0 saturated carbocycles. The van der Waals surface area contributed by atoms with Crippen molar-refractivity contribution in [3.63, 3.8) is 0 Å². The average molecular weight is 260 g/mol. The van der Waals surface area contributed by atoms with Crippen LogP contribution in [-0.4, -0.2) is 48.9 Å². The number of sulfonamides is 1. The molecule has 0 aliphatic carbocycles. The van der Waals surface area contributed by atoms with Crippen LogP contribution in [0, 0.1) is 0 Å². The third-order valence-electron chi connectivity index (χ3n) is 2.59. The molecule has 17 heavy (non-hydrogen) atoms. The summed E-state index contributed by atoms with van der Waals surface area (Å²) in [7, 11) is 1.82. The van der Waals surface area contributed by atoms with E-state index in [1.165, 1.54) is 4.31 Å². The summed E-state index contributed by atoms with van der Waals surface area (Å²) in [6.45, 7) is 2.41. The molecule has 0 amide bonds. The van der Waals surface area contributed by atoms with Crippen molar-refractivity contribution in [1.82, 2.24) is 19.4 Å². The highest BCUT2D eigenvalue weighted by molar-refractivity contribution is 7.89. The van der Waals surface area contributed by atoms with Crippen molar-refractivity contribution in [3.05, 3.63) is 18.0 Å². The third kappa shape index (κ3) is 4.10. The van der Waals surface area contributed by atoms with E-state index in [1.807, 2.05) is 20.2 Å². The zero-order chi connectivity index (χ0) is 13.1. The van der Waals surface area contributed by atoms with Crippen molar-refractivity contribution in [2.24, 2.45) is 7.05 Å². The highest BCUT2D eigenvalue weighted by Crippen LogP contribution is 2.09. The molecule has 0 aromatic carbocycles. The molecule has 1 rings (SSSR count). The lowest BCUT2D eigenvalue weighted by molar-refractivity contribution is 0.512. The number of aryl methyl sites for hydroxylation is 1. The first-order valence-electron chi connectivity index (χ1n) is 5.45. The largest absolute Gasteiger partial charge is 0.309 e. The number of hydrogen-bond acceptors (Lipinski definition) is 4. The molecule has 1 aromatic heterocycles. The molecule has 7 heteroatoms. The minimum absolute atomic E-state index is 0.0982. The van der Waals surface area contributed by atoms with E-state index >= 15 is 0 Å². The quantitative estimate of drug-likeness (QED) is 0.779. The SMILES string of the molecule is CC(NCCS(=O)(=O)N(C)C)c1cnn(C)c1. The molecule has 0 radical (unpaired) electrons. The molecule has 1 N–H and O–H groups in total. The maximum absolute atomic E-state index is 11.5. The van der Waals surface area contributed by atoms with Crippen LogP contribution in [0.25, 0.3) is 0 Å². The number of rotatable bonds is 6. The van der Waals surface area contributed by atoms with Crippen LogP contribution in [0.15, 0.2) is 12.4 Å². The topological polar surface area (TPSA) is 67.2 Å². The molecule has 1 atom stereocenters. The Bertz CT molecular complexity index is 453. The van der Waals surface area contributed by atoms with E-state index in [1.54, 1.807) is 25.0 Å². The maximum atomic E-state index is 11.5. The van der Waals surface area contributed by atoms with E-state index in [0.717, 1.165) is 5.56 Å². The van der Waals surface area contributed by atoms with Gasteiger partial charge in [0.25, 0.3) is 0 Å². The van der Waals surface area contributed by atoms with Crippen molar-refractivity contribution in [1.29, 1.82) is 0 Å². The predicted molar refractivity (Wildman–Crippen MR) is 67.1 cm³/mol. The molecule has 1 unspecified atom stereocenters. The van der Waals surface area contributed by atoms with Gasteiger partial charge in [-0.1, -0.05) is 0 Å². The van der Waals surface area contributed by atoms with Gasteiger partial charge in [0.1, 0.15) is 0 Å². The summed E-state index contributed by atoms with van der Waals surface area (Å²) in [6, 6.07) is 0.0982. The van der Waals surface area contributed by atoms with Crippen LogP contribution in [0.2, 0.25) is 0 Å². The van der Waals surface area contributed by atoms with Crippen LogP contribution >= 0.6 is 0 Å². The van der Waals surface area contributed by atoms with Crippen molar-refractivity contribution in [2.45, 2.75) is 13.0 Å². The summed E-state index contributed by atoms with van der Waals surface area (Å²) in [5, 5.41) is 7.24. The Balaban J connectivity index is 2.42. The molecule has 1 heterocycles. The highest BCUT2D eigenvalue weighted by Gasteiger charge is 2.14. The standard InChI is InChI=1S/C10H20N4O2S/c1-9(10-7-12-14(4)8-10)11-5-6-17(15,16)13(2)3/h7-9,11H,5-6H2,1-4H3. The molecule has 0 saturated heterocycles. The average Bonchev–Trinajstić information content (AvgIpc) is 2.64. The van der Waals surface area contributed by atoms with E-state index in [-0.39, 0.29) is 11.8 Å². The summed E-state index contributed by atoms with van der Waals surface area (Å²) < 4.78 is 26.0. The molecule has 0 bridgehead atoms. The van der Waals surface area contributed by atoms with Crippen LogP contribution in [0.1, 0.15) is 18.5 Å². The van der Waals surface area contributed by atoms with E-state index in [9.17, 15) is 8.42 Å². The summed E-state index contributed by atoms with van der Waals surface area (Å²) >= 11 is 0. The minimum atomic E-state index is -3.12. The van der Waals surface area contributed by atoms with Gasteiger partial charge < -0.3 is 5.32 Å². The van der Waals surface area contributed by atoms with E-state index in [2.05, 4.69) is 10.4 Å². The first-order chi connectivity index (χ1) is 7.83. The highest BCUT2D eigenvalue weighted by atomic mass is 32.2. The lowest BCUT2D eigenvalue weighted by Crippen LogP contribution is -2.32. The number of hydrogen-bond donors (Lipinski definition) is 1. The Hall–Kier alpha value is -0.920. The van der Waals surface area contributed by atoms with Gasteiger partial charge in [0.05, 0.1) is 11.9 Å². The molecule has 0 aliphatic rings. The van der Waals surface area contributed by atoms with Crippen molar-refractivity contribution in [2.75, 3.05) is 26.4 Å². The fraction of sp³-hybridized carbons (Fsp3) is 0.700. The number of aromatic nitrogens is 2. The second kappa shape index (κ2) is 5.61. The van der Waals surface area contributed by atoms with Gasteiger partial charge in [0.2, 0.25) is 10.0 Å². The van der Waals surface area contributed by atoms with Gasteiger partial charge in [-0.15, -0.1) is 0 Å². The van der Waals surface area contributed by atoms with E-state index in [4.69, 9.17) is 0 Å². The van der Waals surface area contributed by atoms with Gasteiger partial charge in [0.15, 0.2) is 0 Å². The van der Waals surface area contributed by atoms with Gasteiger partial charge >= 0.3 is 0 Å². The summed E-state index contributed by atoms with van der Waals surface area (Å²) in [6.07, 6.45) is 3.69. The molecule has 1 aromatic rings. The molecular formula is C10H20N4O2S. The second-order valence-electron chi connectivity index (χ2n) is 4.22. The third-order valence-corrected chi connectivity index (χ3v) is 4.42. The zero-order valence-corrected chi connectivity index (χ0v) is 11.5. The van der Waals surface area contributed by atoms with E-state index < -0.39 is 10.0 Å². The number of nitrogens with one attached hydrogen (secondary N) is 1. The lowest BCUT2D eigenvalue weighted by atomic mass is 10.2. The van der Waals surface area contributed by atoms with Crippen molar-refractivity contribution >= 4 is 10.0 Å². The van der Waals surface area contributed by atoms with Crippen LogP contribution in [0.3, 0.4) is 0 Å². The maximum Gasteiger partial charge on any atom is 0.214 e. The van der Waals surface area contributed by atoms with Gasteiger partial charge in [0, 0.05) is 45.5 Å². The van der Waals surface area contributed by atoms with Crippen molar-refractivity contribution in [3.8, 4) is 0 Å². The molecule has 0 fully saturated rings. The van der Waals surface area contributed by atoms with Crippen molar-refractivity contribution < 1.29 is 8.42 Å². The molecule has 6 nitrogen and oxygen atoms in total. The molecule has 0 spiro atoms. The van der Waals surface area contributed by atoms with Crippen LogP contribution in [0.5, 0.6) is 0 Å². The summed E-state index contributed by atoms with van der Waals surface area (Å²) in [5.74, 6) is 0.102. The smallest absolute Gasteiger partial charge is 0.214 e. The normalized spacial score (nSPS) is 14.2. The Morgan fingerprint density at radius 1 is 1.53 bits per heavy atom. The minimum Gasteiger partial charge on any atom is -0.309 e. The van der Waals surface area contributed by atoms with Crippen LogP contribution in [0.4, 0.5) is 0 Å². The first kappa shape index (κ1) is 14.1. The van der Waals surface area contributed by atoms with Gasteiger partial charge in [-0.25, -0.2) is 12.7 Å². The Labute approximate surface area is 103 Å². The summed E-state index contributed by atoms with van der Waals surface area (Å²) in [5.41, 5.74) is 1.05. The predicted octanol–water partition coefficient (Wildman–Crippen LogP) is -0.0379. The molecule has 98 valence electrons. The Kier molecular flexibility index (Phi) is 4.67. The fourth-order valence-corrected chi connectivity index (χ4v) is 2.11. The fourth-order valence-electron chi connectivity index (χ4n) is 1.37. The van der Waals surface area contributed by atoms with Crippen LogP contribution in [-0.2, 0) is 17.1 Å². The Morgan fingerprint density at radius 2 is 2.18 bits per heavy atom.